The van der Waals surface area contributed by atoms with Gasteiger partial charge in [-0.3, -0.25) is 0 Å². The molecule has 6 nitrogen and oxygen atoms in total. The van der Waals surface area contributed by atoms with Gasteiger partial charge in [-0.05, 0) is 40.5 Å². The molecule has 0 amide bonds. The van der Waals surface area contributed by atoms with Crippen LogP contribution in [0.3, 0.4) is 0 Å². The monoisotopic (exact) mass is 351 g/mol. The third kappa shape index (κ3) is 4.00. The number of aliphatic hydroxyl groups excluding tert-OH is 1. The van der Waals surface area contributed by atoms with Crippen LogP contribution < -0.4 is 4.72 Å². The molecule has 0 heterocycles. The number of aromatic carboxylic acids is 1. The molecule has 0 spiro atoms. The zero-order valence-electron chi connectivity index (χ0n) is 10.1. The maximum Gasteiger partial charge on any atom is 0.335 e. The van der Waals surface area contributed by atoms with Crippen LogP contribution in [0.2, 0.25) is 0 Å². The van der Waals surface area contributed by atoms with Gasteiger partial charge < -0.3 is 10.2 Å². The van der Waals surface area contributed by atoms with Crippen LogP contribution in [0.5, 0.6) is 0 Å². The minimum Gasteiger partial charge on any atom is -0.478 e. The van der Waals surface area contributed by atoms with E-state index in [4.69, 9.17) is 10.2 Å². The maximum absolute atomic E-state index is 12.1. The second-order valence-electron chi connectivity index (χ2n) is 3.86. The molecule has 1 aromatic carbocycles. The van der Waals surface area contributed by atoms with Crippen LogP contribution >= 0.6 is 15.9 Å². The average molecular weight is 352 g/mol. The van der Waals surface area contributed by atoms with E-state index in [9.17, 15) is 13.2 Å². The van der Waals surface area contributed by atoms with Gasteiger partial charge in [0.2, 0.25) is 10.0 Å². The zero-order chi connectivity index (χ0) is 14.6. The Kier molecular flexibility index (Phi) is 5.48. The lowest BCUT2D eigenvalue weighted by Crippen LogP contribution is -2.37. The first-order valence-corrected chi connectivity index (χ1v) is 7.75. The SMILES string of the molecule is CCC(CO)NS(=O)(=O)c1ccc(C(=O)O)cc1Br. The Bertz CT molecular complexity index is 568. The first kappa shape index (κ1) is 16.1. The fourth-order valence-electron chi connectivity index (χ4n) is 1.38. The van der Waals surface area contributed by atoms with Crippen molar-refractivity contribution in [3.63, 3.8) is 0 Å². The summed E-state index contributed by atoms with van der Waals surface area (Å²) in [4.78, 5) is 10.7. The highest BCUT2D eigenvalue weighted by Gasteiger charge is 2.22. The fourth-order valence-corrected chi connectivity index (χ4v) is 3.77. The smallest absolute Gasteiger partial charge is 0.335 e. The van der Waals surface area contributed by atoms with Crippen LogP contribution in [0.4, 0.5) is 0 Å². The van der Waals surface area contributed by atoms with Gasteiger partial charge in [0.1, 0.15) is 0 Å². The van der Waals surface area contributed by atoms with Gasteiger partial charge in [-0.2, -0.15) is 0 Å². The largest absolute Gasteiger partial charge is 0.478 e. The van der Waals surface area contributed by atoms with E-state index in [0.717, 1.165) is 0 Å². The lowest BCUT2D eigenvalue weighted by Gasteiger charge is -2.15. The number of carbonyl (C=O) groups is 1. The van der Waals surface area contributed by atoms with Crippen molar-refractivity contribution in [2.75, 3.05) is 6.61 Å². The van der Waals surface area contributed by atoms with Crippen LogP contribution in [-0.4, -0.2) is 37.2 Å². The number of hydrogen-bond donors (Lipinski definition) is 3. The number of carboxylic acids is 1. The predicted octanol–water partition coefficient (Wildman–Crippen LogP) is 1.20. The molecule has 0 saturated heterocycles. The summed E-state index contributed by atoms with van der Waals surface area (Å²) in [7, 11) is -3.81. The Balaban J connectivity index is 3.12. The van der Waals surface area contributed by atoms with E-state index in [2.05, 4.69) is 20.7 Å². The zero-order valence-corrected chi connectivity index (χ0v) is 12.5. The first-order valence-electron chi connectivity index (χ1n) is 5.47. The molecular weight excluding hydrogens is 338 g/mol. The Morgan fingerprint density at radius 3 is 2.53 bits per heavy atom. The standard InChI is InChI=1S/C11H14BrNO5S/c1-2-8(6-14)13-19(17,18)10-4-3-7(11(15)16)5-9(10)12/h3-5,8,13-14H,2,6H2,1H3,(H,15,16). The molecule has 1 rings (SSSR count). The molecule has 1 unspecified atom stereocenters. The van der Waals surface area contributed by atoms with Gasteiger partial charge >= 0.3 is 5.97 Å². The molecule has 0 aliphatic heterocycles. The summed E-state index contributed by atoms with van der Waals surface area (Å²) < 4.78 is 26.6. The van der Waals surface area contributed by atoms with Crippen LogP contribution in [0.25, 0.3) is 0 Å². The molecule has 0 bridgehead atoms. The molecule has 0 saturated carbocycles. The van der Waals surface area contributed by atoms with Crippen LogP contribution in [0, 0.1) is 0 Å². The van der Waals surface area contributed by atoms with E-state index in [1.165, 1.54) is 18.2 Å². The fraction of sp³-hybridized carbons (Fsp3) is 0.364. The summed E-state index contributed by atoms with van der Waals surface area (Å²) in [6.07, 6.45) is 0.445. The number of hydrogen-bond acceptors (Lipinski definition) is 4. The predicted molar refractivity (Wildman–Crippen MR) is 72.6 cm³/mol. The minimum absolute atomic E-state index is 0.0139. The second kappa shape index (κ2) is 6.47. The van der Waals surface area contributed by atoms with Crippen molar-refractivity contribution in [2.24, 2.45) is 0 Å². The Morgan fingerprint density at radius 2 is 2.11 bits per heavy atom. The summed E-state index contributed by atoms with van der Waals surface area (Å²) in [6, 6.07) is 3.06. The van der Waals surface area contributed by atoms with E-state index in [0.29, 0.717) is 6.42 Å². The molecule has 0 radical (unpaired) electrons. The third-order valence-electron chi connectivity index (χ3n) is 2.50. The quantitative estimate of drug-likeness (QED) is 0.714. The van der Waals surface area contributed by atoms with Gasteiger partial charge in [-0.1, -0.05) is 6.92 Å². The maximum atomic E-state index is 12.1. The van der Waals surface area contributed by atoms with E-state index in [1.807, 2.05) is 0 Å². The normalized spacial score (nSPS) is 13.2. The summed E-state index contributed by atoms with van der Waals surface area (Å²) in [5.41, 5.74) is -0.0139. The molecule has 1 aromatic rings. The van der Waals surface area contributed by atoms with Crippen molar-refractivity contribution in [3.05, 3.63) is 28.2 Å². The number of aliphatic hydroxyl groups is 1. The van der Waals surface area contributed by atoms with Crippen molar-refractivity contribution in [1.29, 1.82) is 0 Å². The van der Waals surface area contributed by atoms with Crippen LogP contribution in [0.15, 0.2) is 27.6 Å². The molecule has 0 fully saturated rings. The van der Waals surface area contributed by atoms with E-state index in [1.54, 1.807) is 6.92 Å². The number of rotatable bonds is 6. The van der Waals surface area contributed by atoms with Crippen molar-refractivity contribution >= 4 is 31.9 Å². The van der Waals surface area contributed by atoms with Crippen molar-refractivity contribution < 1.29 is 23.4 Å². The molecule has 106 valence electrons. The van der Waals surface area contributed by atoms with Gasteiger partial charge in [-0.25, -0.2) is 17.9 Å². The molecule has 0 aliphatic rings. The van der Waals surface area contributed by atoms with Crippen molar-refractivity contribution in [3.8, 4) is 0 Å². The van der Waals surface area contributed by atoms with Gasteiger partial charge in [0, 0.05) is 10.5 Å². The van der Waals surface area contributed by atoms with Crippen LogP contribution in [-0.2, 0) is 10.0 Å². The van der Waals surface area contributed by atoms with Gasteiger partial charge in [-0.15, -0.1) is 0 Å². The number of carboxylic acid groups (broad SMARTS) is 1. The summed E-state index contributed by atoms with van der Waals surface area (Å²) in [5, 5.41) is 17.8. The number of halogens is 1. The number of nitrogens with one attached hydrogen (secondary N) is 1. The molecule has 3 N–H and O–H groups in total. The molecule has 19 heavy (non-hydrogen) atoms. The van der Waals surface area contributed by atoms with Crippen LogP contribution in [0.1, 0.15) is 23.7 Å². The van der Waals surface area contributed by atoms with E-state index >= 15 is 0 Å². The van der Waals surface area contributed by atoms with Gasteiger partial charge in [0.25, 0.3) is 0 Å². The highest BCUT2D eigenvalue weighted by atomic mass is 79.9. The summed E-state index contributed by atoms with van der Waals surface area (Å²) >= 11 is 3.04. The van der Waals surface area contributed by atoms with Gasteiger partial charge in [0.15, 0.2) is 0 Å². The highest BCUT2D eigenvalue weighted by Crippen LogP contribution is 2.23. The van der Waals surface area contributed by atoms with Gasteiger partial charge in [0.05, 0.1) is 17.1 Å². The minimum atomic E-state index is -3.81. The molecule has 0 aliphatic carbocycles. The topological polar surface area (TPSA) is 104 Å². The molecular formula is C11H14BrNO5S. The highest BCUT2D eigenvalue weighted by molar-refractivity contribution is 9.10. The third-order valence-corrected chi connectivity index (χ3v) is 5.00. The lowest BCUT2D eigenvalue weighted by atomic mass is 10.2. The van der Waals surface area contributed by atoms with Crippen molar-refractivity contribution in [1.82, 2.24) is 4.72 Å². The average Bonchev–Trinajstić information content (AvgIpc) is 2.35. The first-order chi connectivity index (χ1) is 8.81. The molecule has 8 heteroatoms. The Labute approximate surface area is 119 Å². The Morgan fingerprint density at radius 1 is 1.47 bits per heavy atom. The Hall–Kier alpha value is -0.960. The molecule has 0 aromatic heterocycles. The van der Waals surface area contributed by atoms with E-state index < -0.39 is 22.0 Å². The number of sulfonamides is 1. The van der Waals surface area contributed by atoms with Crippen molar-refractivity contribution in [2.45, 2.75) is 24.3 Å². The number of benzene rings is 1. The lowest BCUT2D eigenvalue weighted by molar-refractivity contribution is 0.0696. The molecule has 1 atom stereocenters. The van der Waals surface area contributed by atoms with E-state index in [-0.39, 0.29) is 21.5 Å². The summed E-state index contributed by atoms with van der Waals surface area (Å²) in [6.45, 7) is 1.44. The summed E-state index contributed by atoms with van der Waals surface area (Å²) in [5.74, 6) is -1.14. The second-order valence-corrected chi connectivity index (χ2v) is 6.40.